The summed E-state index contributed by atoms with van der Waals surface area (Å²) in [7, 11) is 0. The molecule has 0 aromatic heterocycles. The number of benzene rings is 1. The third kappa shape index (κ3) is 5.26. The summed E-state index contributed by atoms with van der Waals surface area (Å²) in [6.45, 7) is 0.804. The Bertz CT molecular complexity index is 500. The van der Waals surface area contributed by atoms with Gasteiger partial charge in [-0.05, 0) is 37.1 Å². The van der Waals surface area contributed by atoms with Gasteiger partial charge >= 0.3 is 0 Å². The molecule has 1 amide bonds. The molecule has 1 aromatic rings. The van der Waals surface area contributed by atoms with Gasteiger partial charge in [0.05, 0.1) is 11.5 Å². The largest absolute Gasteiger partial charge is 0.392 e. The first-order valence-corrected chi connectivity index (χ1v) is 7.91. The second-order valence-corrected chi connectivity index (χ2v) is 6.33. The predicted molar refractivity (Wildman–Crippen MR) is 90.7 cm³/mol. The van der Waals surface area contributed by atoms with E-state index in [0.29, 0.717) is 29.1 Å². The number of anilines is 1. The van der Waals surface area contributed by atoms with Crippen molar-refractivity contribution >= 4 is 40.4 Å². The maximum absolute atomic E-state index is 12.2. The minimum Gasteiger partial charge on any atom is -0.392 e. The Kier molecular flexibility index (Phi) is 5.96. The van der Waals surface area contributed by atoms with Gasteiger partial charge in [-0.2, -0.15) is 0 Å². The minimum absolute atomic E-state index is 0.0551. The van der Waals surface area contributed by atoms with Crippen LogP contribution in [0.5, 0.6) is 0 Å². The summed E-state index contributed by atoms with van der Waals surface area (Å²) in [6.07, 6.45) is 4.63. The number of nitrogens with zero attached hydrogens (tertiary/aromatic N) is 1. The summed E-state index contributed by atoms with van der Waals surface area (Å²) >= 11 is 10.8. The molecule has 0 saturated heterocycles. The van der Waals surface area contributed by atoms with Gasteiger partial charge in [0.25, 0.3) is 0 Å². The molecule has 1 aromatic carbocycles. The van der Waals surface area contributed by atoms with E-state index in [2.05, 4.69) is 10.2 Å². The molecule has 0 heterocycles. The van der Waals surface area contributed by atoms with Crippen LogP contribution in [-0.2, 0) is 4.79 Å². The Morgan fingerprint density at radius 1 is 1.29 bits per heavy atom. The second kappa shape index (κ2) is 7.73. The fourth-order valence-corrected chi connectivity index (χ4v) is 2.99. The lowest BCUT2D eigenvalue weighted by Gasteiger charge is -2.27. The molecule has 1 saturated carbocycles. The number of carbonyl (C=O) groups excluding carboxylic acids is 1. The molecule has 1 aliphatic rings. The van der Waals surface area contributed by atoms with Crippen molar-refractivity contribution in [2.75, 3.05) is 18.4 Å². The van der Waals surface area contributed by atoms with E-state index >= 15 is 0 Å². The van der Waals surface area contributed by atoms with E-state index in [4.69, 9.17) is 29.6 Å². The highest BCUT2D eigenvalue weighted by Gasteiger charge is 2.24. The van der Waals surface area contributed by atoms with E-state index in [1.165, 1.54) is 12.8 Å². The van der Waals surface area contributed by atoms with Crippen LogP contribution >= 0.6 is 23.8 Å². The van der Waals surface area contributed by atoms with Crippen LogP contribution in [0.25, 0.3) is 0 Å². The highest BCUT2D eigenvalue weighted by molar-refractivity contribution is 7.80. The molecule has 0 unspecified atom stereocenters. The van der Waals surface area contributed by atoms with Gasteiger partial charge in [0.2, 0.25) is 5.91 Å². The van der Waals surface area contributed by atoms with Crippen molar-refractivity contribution in [3.63, 3.8) is 0 Å². The first kappa shape index (κ1) is 16.2. The SMILES string of the molecule is NC(=S)CN(CC(=O)Nc1ccc(Cl)cc1)C1CCCC1. The Labute approximate surface area is 135 Å². The third-order valence-electron chi connectivity index (χ3n) is 3.67. The van der Waals surface area contributed by atoms with Gasteiger partial charge in [-0.15, -0.1) is 0 Å². The van der Waals surface area contributed by atoms with Crippen LogP contribution in [-0.4, -0.2) is 34.9 Å². The maximum Gasteiger partial charge on any atom is 0.238 e. The molecule has 2 rings (SSSR count). The molecule has 21 heavy (non-hydrogen) atoms. The van der Waals surface area contributed by atoms with E-state index in [0.717, 1.165) is 18.5 Å². The first-order chi connectivity index (χ1) is 10.0. The van der Waals surface area contributed by atoms with Crippen molar-refractivity contribution < 1.29 is 4.79 Å². The second-order valence-electron chi connectivity index (χ2n) is 5.36. The fourth-order valence-electron chi connectivity index (χ4n) is 2.70. The summed E-state index contributed by atoms with van der Waals surface area (Å²) in [5.74, 6) is -0.0551. The van der Waals surface area contributed by atoms with E-state index in [-0.39, 0.29) is 5.91 Å². The number of amides is 1. The number of rotatable bonds is 6. The summed E-state index contributed by atoms with van der Waals surface area (Å²) in [5.41, 5.74) is 6.39. The van der Waals surface area contributed by atoms with Crippen LogP contribution in [0.15, 0.2) is 24.3 Å². The number of nitrogens with one attached hydrogen (secondary N) is 1. The molecule has 0 radical (unpaired) electrons. The van der Waals surface area contributed by atoms with Crippen LogP contribution in [0.2, 0.25) is 5.02 Å². The molecule has 0 aliphatic heterocycles. The van der Waals surface area contributed by atoms with Gasteiger partial charge in [-0.25, -0.2) is 0 Å². The fraction of sp³-hybridized carbons (Fsp3) is 0.467. The van der Waals surface area contributed by atoms with E-state index in [1.54, 1.807) is 24.3 Å². The topological polar surface area (TPSA) is 58.4 Å². The summed E-state index contributed by atoms with van der Waals surface area (Å²) in [5, 5.41) is 3.52. The molecular formula is C15H20ClN3OS. The molecular weight excluding hydrogens is 306 g/mol. The monoisotopic (exact) mass is 325 g/mol. The average molecular weight is 326 g/mol. The van der Waals surface area contributed by atoms with Crippen molar-refractivity contribution in [3.05, 3.63) is 29.3 Å². The van der Waals surface area contributed by atoms with E-state index < -0.39 is 0 Å². The van der Waals surface area contributed by atoms with Gasteiger partial charge in [-0.1, -0.05) is 36.7 Å². The lowest BCUT2D eigenvalue weighted by atomic mass is 10.2. The van der Waals surface area contributed by atoms with Crippen LogP contribution in [0.4, 0.5) is 5.69 Å². The zero-order valence-corrected chi connectivity index (χ0v) is 13.4. The normalized spacial score (nSPS) is 15.3. The summed E-state index contributed by atoms with van der Waals surface area (Å²) in [4.78, 5) is 14.7. The molecule has 0 bridgehead atoms. The highest BCUT2D eigenvalue weighted by Crippen LogP contribution is 2.23. The van der Waals surface area contributed by atoms with Crippen molar-refractivity contribution in [2.24, 2.45) is 5.73 Å². The number of hydrogen-bond acceptors (Lipinski definition) is 3. The van der Waals surface area contributed by atoms with E-state index in [1.807, 2.05) is 0 Å². The van der Waals surface area contributed by atoms with Crippen LogP contribution in [0, 0.1) is 0 Å². The minimum atomic E-state index is -0.0551. The van der Waals surface area contributed by atoms with Gasteiger partial charge < -0.3 is 11.1 Å². The maximum atomic E-state index is 12.2. The smallest absolute Gasteiger partial charge is 0.238 e. The Morgan fingerprint density at radius 2 is 1.90 bits per heavy atom. The molecule has 114 valence electrons. The zero-order chi connectivity index (χ0) is 15.2. The lowest BCUT2D eigenvalue weighted by Crippen LogP contribution is -2.43. The third-order valence-corrected chi connectivity index (χ3v) is 4.06. The zero-order valence-electron chi connectivity index (χ0n) is 11.8. The van der Waals surface area contributed by atoms with Crippen LogP contribution in [0.1, 0.15) is 25.7 Å². The number of carbonyl (C=O) groups is 1. The van der Waals surface area contributed by atoms with Gasteiger partial charge in [-0.3, -0.25) is 9.69 Å². The van der Waals surface area contributed by atoms with Crippen molar-refractivity contribution in [1.29, 1.82) is 0 Å². The molecule has 1 fully saturated rings. The van der Waals surface area contributed by atoms with Gasteiger partial charge in [0.15, 0.2) is 0 Å². The Balaban J connectivity index is 1.93. The van der Waals surface area contributed by atoms with Crippen molar-refractivity contribution in [2.45, 2.75) is 31.7 Å². The van der Waals surface area contributed by atoms with Gasteiger partial charge in [0.1, 0.15) is 0 Å². The molecule has 0 spiro atoms. The molecule has 1 aliphatic carbocycles. The van der Waals surface area contributed by atoms with Crippen molar-refractivity contribution in [1.82, 2.24) is 4.90 Å². The number of nitrogens with two attached hydrogens (primary N) is 1. The molecule has 4 nitrogen and oxygen atoms in total. The summed E-state index contributed by atoms with van der Waals surface area (Å²) in [6, 6.07) is 7.48. The first-order valence-electron chi connectivity index (χ1n) is 7.12. The van der Waals surface area contributed by atoms with Crippen LogP contribution in [0.3, 0.4) is 0 Å². The summed E-state index contributed by atoms with van der Waals surface area (Å²) < 4.78 is 0. The number of halogens is 1. The van der Waals surface area contributed by atoms with E-state index in [9.17, 15) is 4.79 Å². The average Bonchev–Trinajstić information content (AvgIpc) is 2.94. The highest BCUT2D eigenvalue weighted by atomic mass is 35.5. The molecule has 0 atom stereocenters. The standard InChI is InChI=1S/C15H20ClN3OS/c16-11-5-7-12(8-6-11)18-15(20)10-19(9-14(17)21)13-3-1-2-4-13/h5-8,13H,1-4,9-10H2,(H2,17,21)(H,18,20). The number of thiocarbonyl (C=S) groups is 1. The van der Waals surface area contributed by atoms with Crippen LogP contribution < -0.4 is 11.1 Å². The molecule has 3 N–H and O–H groups in total. The van der Waals surface area contributed by atoms with Crippen molar-refractivity contribution in [3.8, 4) is 0 Å². The Hall–Kier alpha value is -1.17. The lowest BCUT2D eigenvalue weighted by molar-refractivity contribution is -0.117. The Morgan fingerprint density at radius 3 is 2.48 bits per heavy atom. The molecule has 6 heteroatoms. The quantitative estimate of drug-likeness (QED) is 0.790. The number of hydrogen-bond donors (Lipinski definition) is 2. The predicted octanol–water partition coefficient (Wildman–Crippen LogP) is 2.81. The van der Waals surface area contributed by atoms with Gasteiger partial charge in [0, 0.05) is 23.3 Å².